The van der Waals surface area contributed by atoms with Crippen molar-refractivity contribution in [3.05, 3.63) is 23.5 Å². The van der Waals surface area contributed by atoms with Crippen LogP contribution in [0.5, 0.6) is 0 Å². The number of carbonyl (C=O) groups excluding carboxylic acids is 1. The number of carbonyl (C=O) groups is 1. The molecule has 118 valence electrons. The summed E-state index contributed by atoms with van der Waals surface area (Å²) in [4.78, 5) is 10.5. The smallest absolute Gasteiger partial charge is 0.305 e. The van der Waals surface area contributed by atoms with Gasteiger partial charge in [0.15, 0.2) is 0 Å². The number of nitrogens with zero attached hydrogens (tertiary/aromatic N) is 1. The van der Waals surface area contributed by atoms with Gasteiger partial charge < -0.3 is 10.5 Å². The van der Waals surface area contributed by atoms with Gasteiger partial charge in [0, 0.05) is 25.7 Å². The molecule has 0 aliphatic rings. The van der Waals surface area contributed by atoms with E-state index in [4.69, 9.17) is 5.73 Å². The second-order valence-corrected chi connectivity index (χ2v) is 6.67. The normalized spacial score (nSPS) is 11.7. The Hall–Kier alpha value is -1.67. The van der Waals surface area contributed by atoms with Crippen LogP contribution in [0.15, 0.2) is 17.0 Å². The van der Waals surface area contributed by atoms with Crippen LogP contribution in [0.1, 0.15) is 18.4 Å². The number of benzene rings is 1. The zero-order chi connectivity index (χ0) is 16.2. The predicted octanol–water partition coefficient (Wildman–Crippen LogP) is 1.29. The van der Waals surface area contributed by atoms with Gasteiger partial charge in [-0.15, -0.1) is 0 Å². The molecule has 1 aromatic carbocycles. The second-order valence-electron chi connectivity index (χ2n) is 4.66. The Morgan fingerprint density at radius 3 is 2.62 bits per heavy atom. The molecule has 1 rings (SSSR count). The molecule has 0 saturated carbocycles. The lowest BCUT2D eigenvalue weighted by molar-refractivity contribution is -0.140. The first-order chi connectivity index (χ1) is 9.70. The number of hydrogen-bond acceptors (Lipinski definition) is 5. The summed E-state index contributed by atoms with van der Waals surface area (Å²) in [5.41, 5.74) is 5.91. The molecule has 0 atom stereocenters. The van der Waals surface area contributed by atoms with Crippen LogP contribution in [0, 0.1) is 12.7 Å². The van der Waals surface area contributed by atoms with Crippen LogP contribution in [0.25, 0.3) is 0 Å². The third kappa shape index (κ3) is 4.15. The lowest BCUT2D eigenvalue weighted by atomic mass is 10.2. The van der Waals surface area contributed by atoms with Crippen LogP contribution in [0.3, 0.4) is 0 Å². The molecule has 0 fully saturated rings. The maximum atomic E-state index is 14.0. The molecule has 0 aliphatic heterocycles. The Bertz CT molecular complexity index is 631. The number of nitrogen functional groups attached to an aromatic ring is 1. The van der Waals surface area contributed by atoms with Gasteiger partial charge >= 0.3 is 5.97 Å². The molecule has 0 saturated heterocycles. The fourth-order valence-corrected chi connectivity index (χ4v) is 3.17. The molecule has 0 unspecified atom stereocenters. The minimum atomic E-state index is -3.99. The predicted molar refractivity (Wildman–Crippen MR) is 76.6 cm³/mol. The molecular formula is C13H19FN2O4S. The Kier molecular flexibility index (Phi) is 5.68. The number of hydrogen-bond donors (Lipinski definition) is 1. The SMILES string of the molecule is COC(=O)CCCN(C)S(=O)(=O)c1cc(N)cc(C)c1F. The molecular weight excluding hydrogens is 299 g/mol. The van der Waals surface area contributed by atoms with E-state index in [1.165, 1.54) is 27.1 Å². The average molecular weight is 318 g/mol. The first-order valence-corrected chi connectivity index (χ1v) is 7.73. The van der Waals surface area contributed by atoms with Crippen molar-refractivity contribution in [1.82, 2.24) is 4.31 Å². The Balaban J connectivity index is 2.93. The van der Waals surface area contributed by atoms with Gasteiger partial charge in [0.1, 0.15) is 10.7 Å². The monoisotopic (exact) mass is 318 g/mol. The van der Waals surface area contributed by atoms with Crippen molar-refractivity contribution >= 4 is 21.7 Å². The van der Waals surface area contributed by atoms with E-state index in [-0.39, 0.29) is 30.6 Å². The summed E-state index contributed by atoms with van der Waals surface area (Å²) in [6, 6.07) is 2.46. The Morgan fingerprint density at radius 1 is 1.43 bits per heavy atom. The van der Waals surface area contributed by atoms with Gasteiger partial charge in [-0.3, -0.25) is 4.79 Å². The van der Waals surface area contributed by atoms with E-state index in [1.54, 1.807) is 0 Å². The number of nitrogens with two attached hydrogens (primary N) is 1. The van der Waals surface area contributed by atoms with Crippen LogP contribution in [-0.2, 0) is 19.6 Å². The van der Waals surface area contributed by atoms with E-state index in [1.807, 2.05) is 0 Å². The Morgan fingerprint density at radius 2 is 2.05 bits per heavy atom. The van der Waals surface area contributed by atoms with Crippen molar-refractivity contribution in [3.8, 4) is 0 Å². The number of rotatable bonds is 6. The minimum Gasteiger partial charge on any atom is -0.469 e. The highest BCUT2D eigenvalue weighted by Gasteiger charge is 2.25. The van der Waals surface area contributed by atoms with Crippen molar-refractivity contribution < 1.29 is 22.3 Å². The Labute approximate surface area is 123 Å². The first-order valence-electron chi connectivity index (χ1n) is 6.29. The van der Waals surface area contributed by atoms with Crippen LogP contribution in [0.4, 0.5) is 10.1 Å². The highest BCUT2D eigenvalue weighted by Crippen LogP contribution is 2.24. The summed E-state index contributed by atoms with van der Waals surface area (Å²) in [5, 5.41) is 0. The van der Waals surface area contributed by atoms with Crippen LogP contribution in [0.2, 0.25) is 0 Å². The molecule has 6 nitrogen and oxygen atoms in total. The second kappa shape index (κ2) is 6.86. The molecule has 0 bridgehead atoms. The quantitative estimate of drug-likeness (QED) is 0.630. The highest BCUT2D eigenvalue weighted by atomic mass is 32.2. The zero-order valence-corrected chi connectivity index (χ0v) is 13.0. The van der Waals surface area contributed by atoms with Gasteiger partial charge in [-0.1, -0.05) is 0 Å². The molecule has 2 N–H and O–H groups in total. The maximum absolute atomic E-state index is 14.0. The zero-order valence-electron chi connectivity index (χ0n) is 12.2. The largest absolute Gasteiger partial charge is 0.469 e. The summed E-state index contributed by atoms with van der Waals surface area (Å²) in [6.45, 7) is 1.52. The molecule has 0 aromatic heterocycles. The lowest BCUT2D eigenvalue weighted by Gasteiger charge is -2.18. The first kappa shape index (κ1) is 17.4. The van der Waals surface area contributed by atoms with Crippen LogP contribution >= 0.6 is 0 Å². The van der Waals surface area contributed by atoms with Gasteiger partial charge in [-0.25, -0.2) is 17.1 Å². The molecule has 0 radical (unpaired) electrons. The van der Waals surface area contributed by atoms with Crippen molar-refractivity contribution in [2.24, 2.45) is 0 Å². The van der Waals surface area contributed by atoms with E-state index < -0.39 is 26.7 Å². The third-order valence-corrected chi connectivity index (χ3v) is 4.87. The third-order valence-electron chi connectivity index (χ3n) is 3.01. The average Bonchev–Trinajstić information content (AvgIpc) is 2.42. The van der Waals surface area contributed by atoms with E-state index in [0.29, 0.717) is 0 Å². The number of halogens is 1. The van der Waals surface area contributed by atoms with Gasteiger partial charge in [0.25, 0.3) is 0 Å². The summed E-state index contributed by atoms with van der Waals surface area (Å²) < 4.78 is 44.1. The fourth-order valence-electron chi connectivity index (χ4n) is 1.79. The summed E-state index contributed by atoms with van der Waals surface area (Å²) in [5.74, 6) is -1.24. The maximum Gasteiger partial charge on any atom is 0.305 e. The number of ether oxygens (including phenoxy) is 1. The highest BCUT2D eigenvalue weighted by molar-refractivity contribution is 7.89. The number of aryl methyl sites for hydroxylation is 1. The molecule has 0 aliphatic carbocycles. The molecule has 21 heavy (non-hydrogen) atoms. The molecule has 0 amide bonds. The van der Waals surface area contributed by atoms with Crippen molar-refractivity contribution in [1.29, 1.82) is 0 Å². The van der Waals surface area contributed by atoms with Crippen molar-refractivity contribution in [2.45, 2.75) is 24.7 Å². The van der Waals surface area contributed by atoms with Gasteiger partial charge in [-0.05, 0) is 31.0 Å². The number of esters is 1. The van der Waals surface area contributed by atoms with E-state index >= 15 is 0 Å². The summed E-state index contributed by atoms with van der Waals surface area (Å²) in [7, 11) is -1.41. The van der Waals surface area contributed by atoms with Gasteiger partial charge in [0.2, 0.25) is 10.0 Å². The van der Waals surface area contributed by atoms with E-state index in [2.05, 4.69) is 4.74 Å². The number of methoxy groups -OCH3 is 1. The van der Waals surface area contributed by atoms with E-state index in [9.17, 15) is 17.6 Å². The molecule has 8 heteroatoms. The topological polar surface area (TPSA) is 89.7 Å². The number of anilines is 1. The van der Waals surface area contributed by atoms with Gasteiger partial charge in [0.05, 0.1) is 7.11 Å². The molecule has 1 aromatic rings. The van der Waals surface area contributed by atoms with Crippen molar-refractivity contribution in [3.63, 3.8) is 0 Å². The van der Waals surface area contributed by atoms with Gasteiger partial charge in [-0.2, -0.15) is 0 Å². The molecule has 0 spiro atoms. The van der Waals surface area contributed by atoms with Crippen LogP contribution < -0.4 is 5.73 Å². The lowest BCUT2D eigenvalue weighted by Crippen LogP contribution is -2.29. The van der Waals surface area contributed by atoms with E-state index in [0.717, 1.165) is 10.4 Å². The summed E-state index contributed by atoms with van der Waals surface area (Å²) in [6.07, 6.45) is 0.375. The fraction of sp³-hybridized carbons (Fsp3) is 0.462. The number of sulfonamides is 1. The summed E-state index contributed by atoms with van der Waals surface area (Å²) >= 11 is 0. The standard InChI is InChI=1S/C13H19FN2O4S/c1-9-7-10(15)8-11(13(9)14)21(18,19)16(2)6-4-5-12(17)20-3/h7-8H,4-6,15H2,1-3H3. The van der Waals surface area contributed by atoms with Crippen LogP contribution in [-0.4, -0.2) is 39.4 Å². The van der Waals surface area contributed by atoms with Crippen molar-refractivity contribution in [2.75, 3.05) is 26.4 Å². The minimum absolute atomic E-state index is 0.0741. The molecule has 0 heterocycles.